The van der Waals surface area contributed by atoms with Crippen molar-refractivity contribution in [2.75, 3.05) is 24.0 Å². The Morgan fingerprint density at radius 1 is 0.848 bits per heavy atom. The highest BCUT2D eigenvalue weighted by Crippen LogP contribution is 2.64. The minimum Gasteiger partial charge on any atom is -0.502 e. The Morgan fingerprint density at radius 3 is 2.15 bits per heavy atom. The Kier molecular flexibility index (Phi) is 7.01. The number of ether oxygens (including phenoxy) is 2. The van der Waals surface area contributed by atoms with Crippen LogP contribution in [0.1, 0.15) is 36.8 Å². The zero-order chi connectivity index (χ0) is 32.7. The number of amides is 4. The molecule has 0 bridgehead atoms. The molecule has 2 aliphatic carbocycles. The molecule has 6 unspecified atom stereocenters. The number of anilines is 2. The lowest BCUT2D eigenvalue weighted by Gasteiger charge is -2.49. The molecule has 2 saturated heterocycles. The average molecular weight is 641 g/mol. The number of aryl methyl sites for hydroxylation is 1. The van der Waals surface area contributed by atoms with Gasteiger partial charge in [0.05, 0.1) is 48.8 Å². The van der Waals surface area contributed by atoms with Gasteiger partial charge in [0, 0.05) is 10.9 Å². The highest BCUT2D eigenvalue weighted by atomic mass is 35.5. The van der Waals surface area contributed by atoms with Crippen LogP contribution in [0.5, 0.6) is 17.2 Å². The summed E-state index contributed by atoms with van der Waals surface area (Å²) in [4.78, 5) is 59.5. The van der Waals surface area contributed by atoms with Crippen molar-refractivity contribution in [2.24, 2.45) is 29.1 Å². The van der Waals surface area contributed by atoms with Crippen molar-refractivity contribution in [3.8, 4) is 17.2 Å². The molecular formula is C36H33ClN2O7. The van der Waals surface area contributed by atoms with Gasteiger partial charge < -0.3 is 14.6 Å². The molecule has 7 rings (SSSR count). The number of halogens is 1. The van der Waals surface area contributed by atoms with Crippen molar-refractivity contribution in [3.05, 3.63) is 88.5 Å². The van der Waals surface area contributed by atoms with Gasteiger partial charge in [-0.1, -0.05) is 47.5 Å². The third kappa shape index (κ3) is 4.07. The summed E-state index contributed by atoms with van der Waals surface area (Å²) in [5.74, 6) is -4.55. The zero-order valence-corrected chi connectivity index (χ0v) is 26.6. The van der Waals surface area contributed by atoms with E-state index in [0.29, 0.717) is 28.4 Å². The number of fused-ring (bicyclic) bond motifs is 4. The number of imide groups is 2. The SMILES string of the molecule is COc1cc(C2C3=CCC4C(=O)N(c5ccc(C)c(Cl)c5)C(=O)C4C3CC3C(=O)N(c4ccccc4)C(=O)C32C)cc(OC)c1O. The van der Waals surface area contributed by atoms with E-state index in [9.17, 15) is 24.3 Å². The van der Waals surface area contributed by atoms with E-state index in [1.165, 1.54) is 24.0 Å². The van der Waals surface area contributed by atoms with E-state index in [1.807, 2.05) is 26.0 Å². The number of carbonyl (C=O) groups excluding carboxylic acids is 4. The zero-order valence-electron chi connectivity index (χ0n) is 25.8. The highest BCUT2D eigenvalue weighted by Gasteiger charge is 2.67. The first-order valence-corrected chi connectivity index (χ1v) is 15.6. The second-order valence-corrected chi connectivity index (χ2v) is 13.1. The molecule has 4 aliphatic rings. The smallest absolute Gasteiger partial charge is 0.241 e. The fourth-order valence-electron chi connectivity index (χ4n) is 8.27. The Hall–Kier alpha value is -4.63. The van der Waals surface area contributed by atoms with Crippen molar-refractivity contribution in [2.45, 2.75) is 32.6 Å². The Morgan fingerprint density at radius 2 is 1.52 bits per heavy atom. The molecule has 0 aromatic heterocycles. The van der Waals surface area contributed by atoms with E-state index in [-0.39, 0.29) is 47.3 Å². The van der Waals surface area contributed by atoms with Gasteiger partial charge in [0.2, 0.25) is 29.4 Å². The van der Waals surface area contributed by atoms with Gasteiger partial charge in [-0.2, -0.15) is 0 Å². The molecule has 46 heavy (non-hydrogen) atoms. The topological polar surface area (TPSA) is 113 Å². The van der Waals surface area contributed by atoms with Gasteiger partial charge in [-0.3, -0.25) is 19.2 Å². The number of rotatable bonds is 5. The number of benzene rings is 3. The molecule has 4 amide bonds. The number of hydrogen-bond donors (Lipinski definition) is 1. The van der Waals surface area contributed by atoms with E-state index >= 15 is 0 Å². The maximum atomic E-state index is 14.6. The Labute approximate surface area is 271 Å². The Bertz CT molecular complexity index is 1830. The predicted octanol–water partition coefficient (Wildman–Crippen LogP) is 5.81. The molecule has 1 N–H and O–H groups in total. The van der Waals surface area contributed by atoms with Gasteiger partial charge in [0.15, 0.2) is 11.5 Å². The first-order chi connectivity index (χ1) is 22.0. The lowest BCUT2D eigenvalue weighted by Crippen LogP contribution is -2.48. The third-order valence-electron chi connectivity index (χ3n) is 10.5. The molecule has 236 valence electrons. The van der Waals surface area contributed by atoms with Crippen molar-refractivity contribution in [1.82, 2.24) is 0 Å². The number of phenolic OH excluding ortho intramolecular Hbond substituents is 1. The maximum absolute atomic E-state index is 14.6. The minimum atomic E-state index is -1.25. The van der Waals surface area contributed by atoms with Crippen molar-refractivity contribution >= 4 is 46.6 Å². The molecule has 3 fully saturated rings. The predicted molar refractivity (Wildman–Crippen MR) is 171 cm³/mol. The normalized spacial score (nSPS) is 28.5. The summed E-state index contributed by atoms with van der Waals surface area (Å²) in [5.41, 5.74) is 1.88. The largest absolute Gasteiger partial charge is 0.502 e. The first-order valence-electron chi connectivity index (χ1n) is 15.2. The number of phenols is 1. The number of nitrogens with zero attached hydrogens (tertiary/aromatic N) is 2. The van der Waals surface area contributed by atoms with Crippen LogP contribution >= 0.6 is 11.6 Å². The second kappa shape index (κ2) is 10.7. The summed E-state index contributed by atoms with van der Waals surface area (Å²) in [6.07, 6.45) is 2.50. The fourth-order valence-corrected chi connectivity index (χ4v) is 8.45. The number of carbonyl (C=O) groups is 4. The molecular weight excluding hydrogens is 608 g/mol. The van der Waals surface area contributed by atoms with Crippen molar-refractivity contribution < 1.29 is 33.8 Å². The van der Waals surface area contributed by atoms with Gasteiger partial charge in [-0.05, 0) is 80.1 Å². The lowest BCUT2D eigenvalue weighted by molar-refractivity contribution is -0.131. The summed E-state index contributed by atoms with van der Waals surface area (Å²) in [5, 5.41) is 11.2. The summed E-state index contributed by atoms with van der Waals surface area (Å²) >= 11 is 6.40. The molecule has 0 spiro atoms. The van der Waals surface area contributed by atoms with Gasteiger partial charge in [0.1, 0.15) is 0 Å². The third-order valence-corrected chi connectivity index (χ3v) is 10.9. The van der Waals surface area contributed by atoms with Crippen LogP contribution in [0.4, 0.5) is 11.4 Å². The van der Waals surface area contributed by atoms with Crippen LogP contribution in [0.2, 0.25) is 5.02 Å². The van der Waals surface area contributed by atoms with Crippen molar-refractivity contribution in [3.63, 3.8) is 0 Å². The second-order valence-electron chi connectivity index (χ2n) is 12.7. The van der Waals surface area contributed by atoms with Crippen LogP contribution in [0.3, 0.4) is 0 Å². The monoisotopic (exact) mass is 640 g/mol. The molecule has 3 aromatic carbocycles. The van der Waals surface area contributed by atoms with Crippen LogP contribution in [0.15, 0.2) is 72.3 Å². The van der Waals surface area contributed by atoms with E-state index in [1.54, 1.807) is 54.6 Å². The standard InChI is InChI=1S/C36H33ClN2O7/c1-18-10-11-21(16-26(18)37)38-32(41)23-13-12-22-24(29(23)34(38)43)17-25-33(42)39(20-8-6-5-7-9-20)35(44)36(25,2)30(22)19-14-27(45-3)31(40)28(15-19)46-4/h5-12,14-16,23-25,29-30,40H,13,17H2,1-4H3. The highest BCUT2D eigenvalue weighted by molar-refractivity contribution is 6.32. The van der Waals surface area contributed by atoms with Crippen LogP contribution in [0, 0.1) is 36.0 Å². The number of para-hydroxylation sites is 1. The first kappa shape index (κ1) is 30.0. The summed E-state index contributed by atoms with van der Waals surface area (Å²) in [7, 11) is 2.85. The molecule has 9 nitrogen and oxygen atoms in total. The molecule has 1 saturated carbocycles. The molecule has 3 aromatic rings. The number of aromatic hydroxyl groups is 1. The average Bonchev–Trinajstić information content (AvgIpc) is 3.42. The van der Waals surface area contributed by atoms with Crippen LogP contribution in [-0.2, 0) is 19.2 Å². The molecule has 10 heteroatoms. The van der Waals surface area contributed by atoms with Crippen LogP contribution in [0.25, 0.3) is 0 Å². The van der Waals surface area contributed by atoms with E-state index in [0.717, 1.165) is 11.1 Å². The van der Waals surface area contributed by atoms with Crippen molar-refractivity contribution in [1.29, 1.82) is 0 Å². The van der Waals surface area contributed by atoms with E-state index < -0.39 is 35.0 Å². The Balaban J connectivity index is 1.39. The van der Waals surface area contributed by atoms with E-state index in [4.69, 9.17) is 21.1 Å². The number of hydrogen-bond acceptors (Lipinski definition) is 7. The molecule has 2 heterocycles. The maximum Gasteiger partial charge on any atom is 0.241 e. The molecule has 6 atom stereocenters. The minimum absolute atomic E-state index is 0.150. The fraction of sp³-hybridized carbons (Fsp3) is 0.333. The van der Waals surface area contributed by atoms with Crippen LogP contribution in [-0.4, -0.2) is 43.0 Å². The number of allylic oxidation sites excluding steroid dienone is 2. The quantitative estimate of drug-likeness (QED) is 0.277. The molecule has 0 radical (unpaired) electrons. The van der Waals surface area contributed by atoms with Gasteiger partial charge >= 0.3 is 0 Å². The number of methoxy groups -OCH3 is 2. The molecule has 2 aliphatic heterocycles. The van der Waals surface area contributed by atoms with Crippen LogP contribution < -0.4 is 19.3 Å². The summed E-state index contributed by atoms with van der Waals surface area (Å²) < 4.78 is 11.0. The van der Waals surface area contributed by atoms with Gasteiger partial charge in [0.25, 0.3) is 0 Å². The van der Waals surface area contributed by atoms with Gasteiger partial charge in [-0.25, -0.2) is 9.80 Å². The summed E-state index contributed by atoms with van der Waals surface area (Å²) in [6, 6.07) is 17.3. The summed E-state index contributed by atoms with van der Waals surface area (Å²) in [6.45, 7) is 3.66. The lowest BCUT2D eigenvalue weighted by atomic mass is 9.51. The van der Waals surface area contributed by atoms with E-state index in [2.05, 4.69) is 0 Å². The van der Waals surface area contributed by atoms with Gasteiger partial charge in [-0.15, -0.1) is 0 Å².